The molecule has 0 atom stereocenters. The largest absolute Gasteiger partial charge is 0.384 e. The van der Waals surface area contributed by atoms with Crippen LogP contribution in [0.15, 0.2) is 35.5 Å². The molecule has 0 saturated heterocycles. The third kappa shape index (κ3) is 1.96. The first-order valence-electron chi connectivity index (χ1n) is 4.84. The monoisotopic (exact) mass is 199 g/mol. The van der Waals surface area contributed by atoms with Crippen LogP contribution in [-0.4, -0.2) is 11.5 Å². The maximum Gasteiger partial charge on any atom is 0.122 e. The smallest absolute Gasteiger partial charge is 0.122 e. The predicted molar refractivity (Wildman–Crippen MR) is 63.2 cm³/mol. The molecular weight excluding hydrogens is 186 g/mol. The van der Waals surface area contributed by atoms with E-state index < -0.39 is 0 Å². The Kier molecular flexibility index (Phi) is 2.37. The maximum absolute atomic E-state index is 7.37. The molecule has 15 heavy (non-hydrogen) atoms. The van der Waals surface area contributed by atoms with Gasteiger partial charge in [-0.3, -0.25) is 10.4 Å². The Labute approximate surface area is 88.8 Å². The molecule has 0 aliphatic carbocycles. The number of benzene rings is 1. The van der Waals surface area contributed by atoms with Crippen LogP contribution in [0.4, 0.5) is 0 Å². The van der Waals surface area contributed by atoms with Crippen molar-refractivity contribution >= 4 is 17.1 Å². The molecule has 1 aliphatic rings. The first kappa shape index (κ1) is 9.65. The van der Waals surface area contributed by atoms with Gasteiger partial charge in [-0.1, -0.05) is 18.2 Å². The number of allylic oxidation sites excluding steroid dienone is 1. The summed E-state index contributed by atoms with van der Waals surface area (Å²) < 4.78 is 0. The van der Waals surface area contributed by atoms with Crippen molar-refractivity contribution in [3.63, 3.8) is 0 Å². The number of aliphatic imine (C=N–C) groups is 1. The lowest BCUT2D eigenvalue weighted by molar-refractivity contribution is 1.41. The van der Waals surface area contributed by atoms with Crippen molar-refractivity contribution in [2.24, 2.45) is 10.7 Å². The predicted octanol–water partition coefficient (Wildman–Crippen LogP) is 2.18. The van der Waals surface area contributed by atoms with Gasteiger partial charge in [0, 0.05) is 23.9 Å². The van der Waals surface area contributed by atoms with E-state index in [2.05, 4.69) is 4.99 Å². The maximum atomic E-state index is 7.37. The van der Waals surface area contributed by atoms with E-state index in [1.54, 1.807) is 0 Å². The minimum atomic E-state index is 0.105. The van der Waals surface area contributed by atoms with Crippen LogP contribution in [0.1, 0.15) is 24.5 Å². The van der Waals surface area contributed by atoms with Gasteiger partial charge in [0.05, 0.1) is 0 Å². The van der Waals surface area contributed by atoms with E-state index in [0.29, 0.717) is 0 Å². The Balaban J connectivity index is 2.31. The lowest BCUT2D eigenvalue weighted by Crippen LogP contribution is -2.10. The minimum absolute atomic E-state index is 0.105. The molecule has 3 nitrogen and oxygen atoms in total. The number of nitrogens with one attached hydrogen (secondary N) is 1. The summed E-state index contributed by atoms with van der Waals surface area (Å²) in [4.78, 5) is 4.24. The van der Waals surface area contributed by atoms with Crippen LogP contribution < -0.4 is 5.73 Å². The second-order valence-corrected chi connectivity index (χ2v) is 3.69. The number of nitrogens with zero attached hydrogens (tertiary/aromatic N) is 1. The summed E-state index contributed by atoms with van der Waals surface area (Å²) >= 11 is 0. The number of nitrogens with two attached hydrogens (primary N) is 1. The summed E-state index contributed by atoms with van der Waals surface area (Å²) in [6.45, 7) is 2.01. The van der Waals surface area contributed by atoms with E-state index in [9.17, 15) is 0 Å². The van der Waals surface area contributed by atoms with Crippen LogP contribution in [0, 0.1) is 5.41 Å². The fourth-order valence-corrected chi connectivity index (χ4v) is 1.62. The lowest BCUT2D eigenvalue weighted by Gasteiger charge is -2.04. The second-order valence-electron chi connectivity index (χ2n) is 3.69. The molecule has 0 amide bonds. The van der Waals surface area contributed by atoms with E-state index in [0.717, 1.165) is 23.3 Å². The summed E-state index contributed by atoms with van der Waals surface area (Å²) in [5.41, 5.74) is 9.62. The highest BCUT2D eigenvalue weighted by atomic mass is 14.7. The van der Waals surface area contributed by atoms with Crippen molar-refractivity contribution in [3.05, 3.63) is 41.6 Å². The Morgan fingerprint density at radius 1 is 1.47 bits per heavy atom. The molecule has 0 fully saturated rings. The first-order chi connectivity index (χ1) is 7.16. The molecule has 1 aromatic carbocycles. The molecule has 76 valence electrons. The number of amidine groups is 1. The average molecular weight is 199 g/mol. The van der Waals surface area contributed by atoms with Crippen molar-refractivity contribution in [2.45, 2.75) is 13.3 Å². The van der Waals surface area contributed by atoms with E-state index >= 15 is 0 Å². The topological polar surface area (TPSA) is 62.2 Å². The van der Waals surface area contributed by atoms with Crippen LogP contribution in [0.3, 0.4) is 0 Å². The molecule has 2 rings (SSSR count). The molecule has 3 heteroatoms. The highest BCUT2D eigenvalue weighted by Gasteiger charge is 2.09. The molecule has 1 aromatic rings. The van der Waals surface area contributed by atoms with Gasteiger partial charge < -0.3 is 5.73 Å². The van der Waals surface area contributed by atoms with Gasteiger partial charge in [-0.05, 0) is 24.1 Å². The van der Waals surface area contributed by atoms with Gasteiger partial charge in [-0.15, -0.1) is 0 Å². The van der Waals surface area contributed by atoms with E-state index in [4.69, 9.17) is 11.1 Å². The molecule has 1 heterocycles. The van der Waals surface area contributed by atoms with Crippen LogP contribution in [0.2, 0.25) is 0 Å². The normalized spacial score (nSPS) is 14.7. The van der Waals surface area contributed by atoms with Crippen molar-refractivity contribution in [2.75, 3.05) is 0 Å². The van der Waals surface area contributed by atoms with Crippen molar-refractivity contribution in [1.29, 1.82) is 5.41 Å². The molecule has 3 N–H and O–H groups in total. The highest BCUT2D eigenvalue weighted by Crippen LogP contribution is 2.23. The minimum Gasteiger partial charge on any atom is -0.384 e. The summed E-state index contributed by atoms with van der Waals surface area (Å²) in [5, 5.41) is 7.37. The number of rotatable bonds is 2. The summed E-state index contributed by atoms with van der Waals surface area (Å²) in [5.74, 6) is 0.105. The van der Waals surface area contributed by atoms with Crippen molar-refractivity contribution < 1.29 is 0 Å². The van der Waals surface area contributed by atoms with Gasteiger partial charge >= 0.3 is 0 Å². The third-order valence-electron chi connectivity index (χ3n) is 2.43. The molecule has 0 unspecified atom stereocenters. The Hall–Kier alpha value is -1.90. The van der Waals surface area contributed by atoms with Crippen LogP contribution in [0.5, 0.6) is 0 Å². The zero-order valence-corrected chi connectivity index (χ0v) is 8.62. The highest BCUT2D eigenvalue weighted by molar-refractivity contribution is 5.99. The Morgan fingerprint density at radius 2 is 2.27 bits per heavy atom. The Morgan fingerprint density at radius 3 is 2.87 bits per heavy atom. The van der Waals surface area contributed by atoms with Gasteiger partial charge in [0.15, 0.2) is 0 Å². The number of nitrogen functional groups attached to an aromatic ring is 1. The quantitative estimate of drug-likeness (QED) is 0.556. The van der Waals surface area contributed by atoms with E-state index in [-0.39, 0.29) is 5.84 Å². The van der Waals surface area contributed by atoms with Gasteiger partial charge in [0.2, 0.25) is 0 Å². The van der Waals surface area contributed by atoms with Gasteiger partial charge in [0.25, 0.3) is 0 Å². The Bertz CT molecular complexity index is 470. The van der Waals surface area contributed by atoms with Crippen LogP contribution in [-0.2, 0) is 0 Å². The summed E-state index contributed by atoms with van der Waals surface area (Å²) in [6.07, 6.45) is 2.77. The van der Waals surface area contributed by atoms with Crippen LogP contribution >= 0.6 is 0 Å². The second kappa shape index (κ2) is 3.69. The third-order valence-corrected chi connectivity index (χ3v) is 2.43. The molecule has 0 radical (unpaired) electrons. The van der Waals surface area contributed by atoms with Gasteiger partial charge in [-0.25, -0.2) is 0 Å². The molecule has 0 aromatic heterocycles. The van der Waals surface area contributed by atoms with E-state index in [1.165, 1.54) is 5.57 Å². The van der Waals surface area contributed by atoms with Crippen LogP contribution in [0.25, 0.3) is 5.57 Å². The van der Waals surface area contributed by atoms with Crippen molar-refractivity contribution in [1.82, 2.24) is 0 Å². The molecular formula is C12H13N3. The zero-order chi connectivity index (χ0) is 10.8. The van der Waals surface area contributed by atoms with E-state index in [1.807, 2.05) is 37.4 Å². The fourth-order valence-electron chi connectivity index (χ4n) is 1.62. The van der Waals surface area contributed by atoms with Gasteiger partial charge in [0.1, 0.15) is 5.84 Å². The standard InChI is InChI=1S/C12H13N3/c1-8-5-11(7-15-8)9-3-2-4-10(6-9)12(13)14/h2-4,6-7H,5H2,1H3,(H3,13,14). The van der Waals surface area contributed by atoms with Crippen molar-refractivity contribution in [3.8, 4) is 0 Å². The molecule has 0 saturated carbocycles. The molecule has 0 spiro atoms. The zero-order valence-electron chi connectivity index (χ0n) is 8.62. The fraction of sp³-hybridized carbons (Fsp3) is 0.167. The summed E-state index contributed by atoms with van der Waals surface area (Å²) in [7, 11) is 0. The number of hydrogen-bond acceptors (Lipinski definition) is 2. The average Bonchev–Trinajstić information content (AvgIpc) is 2.65. The first-order valence-corrected chi connectivity index (χ1v) is 4.84. The van der Waals surface area contributed by atoms with Gasteiger partial charge in [-0.2, -0.15) is 0 Å². The SMILES string of the molecule is CC1=NC=C(c2cccc(C(=N)N)c2)C1. The lowest BCUT2D eigenvalue weighted by atomic mass is 10.0. The summed E-state index contributed by atoms with van der Waals surface area (Å²) in [6, 6.07) is 7.71. The number of hydrogen-bond donors (Lipinski definition) is 2. The molecule has 1 aliphatic heterocycles. The molecule has 0 bridgehead atoms.